The summed E-state index contributed by atoms with van der Waals surface area (Å²) < 4.78 is 1.96. The van der Waals surface area contributed by atoms with E-state index in [1.54, 1.807) is 12.4 Å². The maximum absolute atomic E-state index is 6.10. The van der Waals surface area contributed by atoms with Crippen molar-refractivity contribution in [2.24, 2.45) is 0 Å². The molecule has 0 aliphatic heterocycles. The molecule has 2 rings (SSSR count). The van der Waals surface area contributed by atoms with E-state index in [4.69, 9.17) is 11.6 Å². The van der Waals surface area contributed by atoms with Crippen molar-refractivity contribution < 1.29 is 0 Å². The average molecular weight is 265 g/mol. The van der Waals surface area contributed by atoms with Crippen molar-refractivity contribution in [3.8, 4) is 0 Å². The molecule has 0 aliphatic carbocycles. The second kappa shape index (κ2) is 6.52. The largest absolute Gasteiger partial charge is 0.311 e. The molecule has 2 aromatic rings. The molecule has 0 radical (unpaired) electrons. The van der Waals surface area contributed by atoms with Crippen LogP contribution < -0.4 is 5.32 Å². The first-order valence-electron chi connectivity index (χ1n) is 6.11. The lowest BCUT2D eigenvalue weighted by atomic mass is 10.2. The maximum atomic E-state index is 6.10. The van der Waals surface area contributed by atoms with Crippen LogP contribution in [0.1, 0.15) is 24.6 Å². The molecule has 18 heavy (non-hydrogen) atoms. The van der Waals surface area contributed by atoms with Crippen molar-refractivity contribution in [2.75, 3.05) is 6.54 Å². The van der Waals surface area contributed by atoms with Gasteiger partial charge in [-0.05, 0) is 30.7 Å². The maximum Gasteiger partial charge on any atom is 0.0678 e. The van der Waals surface area contributed by atoms with E-state index in [9.17, 15) is 0 Å². The van der Waals surface area contributed by atoms with Gasteiger partial charge in [-0.3, -0.25) is 9.67 Å². The van der Waals surface area contributed by atoms with Crippen LogP contribution in [0.4, 0.5) is 0 Å². The Labute approximate surface area is 112 Å². The van der Waals surface area contributed by atoms with E-state index in [1.807, 2.05) is 23.0 Å². The number of halogens is 1. The fourth-order valence-electron chi connectivity index (χ4n) is 1.74. The molecule has 0 bridgehead atoms. The zero-order chi connectivity index (χ0) is 12.8. The van der Waals surface area contributed by atoms with Gasteiger partial charge in [0, 0.05) is 25.1 Å². The van der Waals surface area contributed by atoms with E-state index < -0.39 is 0 Å². The Kier molecular flexibility index (Phi) is 4.73. The zero-order valence-electron chi connectivity index (χ0n) is 10.4. The fraction of sp³-hybridized carbons (Fsp3) is 0.385. The molecule has 2 aromatic heterocycles. The molecule has 0 saturated carbocycles. The summed E-state index contributed by atoms with van der Waals surface area (Å²) in [5.41, 5.74) is 2.20. The lowest BCUT2D eigenvalue weighted by Gasteiger charge is -2.09. The van der Waals surface area contributed by atoms with Gasteiger partial charge in [0.05, 0.1) is 17.3 Å². The first-order valence-corrected chi connectivity index (χ1v) is 6.49. The predicted octanol–water partition coefficient (Wildman–Crippen LogP) is 2.48. The summed E-state index contributed by atoms with van der Waals surface area (Å²) in [7, 11) is 0. The van der Waals surface area contributed by atoms with E-state index in [0.717, 1.165) is 30.8 Å². The molecular weight excluding hydrogens is 248 g/mol. The molecule has 0 atom stereocenters. The van der Waals surface area contributed by atoms with Gasteiger partial charge >= 0.3 is 0 Å². The molecule has 2 heterocycles. The summed E-state index contributed by atoms with van der Waals surface area (Å²) in [6.45, 7) is 4.68. The first kappa shape index (κ1) is 13.1. The van der Waals surface area contributed by atoms with Gasteiger partial charge in [0.1, 0.15) is 0 Å². The normalized spacial score (nSPS) is 10.8. The van der Waals surface area contributed by atoms with Crippen LogP contribution in [0.25, 0.3) is 0 Å². The quantitative estimate of drug-likeness (QED) is 0.815. The second-order valence-corrected chi connectivity index (χ2v) is 4.53. The molecule has 0 aromatic carbocycles. The summed E-state index contributed by atoms with van der Waals surface area (Å²) in [5.74, 6) is 0. The minimum Gasteiger partial charge on any atom is -0.311 e. The van der Waals surface area contributed by atoms with E-state index in [1.165, 1.54) is 0 Å². The minimum absolute atomic E-state index is 0.678. The van der Waals surface area contributed by atoms with E-state index in [2.05, 4.69) is 22.3 Å². The molecular formula is C13H17ClN4. The lowest BCUT2D eigenvalue weighted by molar-refractivity contribution is 0.592. The highest BCUT2D eigenvalue weighted by Gasteiger charge is 2.05. The number of nitrogens with one attached hydrogen (secondary N) is 1. The zero-order valence-corrected chi connectivity index (χ0v) is 11.2. The van der Waals surface area contributed by atoms with Crippen molar-refractivity contribution in [3.05, 3.63) is 47.0 Å². The highest BCUT2D eigenvalue weighted by molar-refractivity contribution is 6.31. The summed E-state index contributed by atoms with van der Waals surface area (Å²) in [4.78, 5) is 3.98. The molecule has 0 unspecified atom stereocenters. The third-order valence-electron chi connectivity index (χ3n) is 2.71. The number of nitrogens with zero attached hydrogens (tertiary/aromatic N) is 3. The number of aromatic nitrogens is 3. The van der Waals surface area contributed by atoms with Crippen LogP contribution in [0.3, 0.4) is 0 Å². The van der Waals surface area contributed by atoms with Gasteiger partial charge in [0.2, 0.25) is 0 Å². The van der Waals surface area contributed by atoms with Crippen LogP contribution in [0.15, 0.2) is 30.7 Å². The SMILES string of the molecule is CCCNCc1ccnn1Cc1ccncc1Cl. The second-order valence-electron chi connectivity index (χ2n) is 4.12. The van der Waals surface area contributed by atoms with Crippen molar-refractivity contribution in [3.63, 3.8) is 0 Å². The smallest absolute Gasteiger partial charge is 0.0678 e. The van der Waals surface area contributed by atoms with Crippen LogP contribution in [0, 0.1) is 0 Å². The fourth-order valence-corrected chi connectivity index (χ4v) is 1.92. The Morgan fingerprint density at radius 3 is 3.00 bits per heavy atom. The van der Waals surface area contributed by atoms with Crippen LogP contribution in [-0.2, 0) is 13.1 Å². The van der Waals surface area contributed by atoms with Gasteiger partial charge in [0.15, 0.2) is 0 Å². The lowest BCUT2D eigenvalue weighted by Crippen LogP contribution is -2.17. The van der Waals surface area contributed by atoms with Crippen LogP contribution in [0.2, 0.25) is 5.02 Å². The van der Waals surface area contributed by atoms with Crippen molar-refractivity contribution in [1.82, 2.24) is 20.1 Å². The summed E-state index contributed by atoms with van der Waals surface area (Å²) in [6, 6.07) is 3.95. The van der Waals surface area contributed by atoms with Gasteiger partial charge in [-0.1, -0.05) is 18.5 Å². The molecule has 0 saturated heterocycles. The van der Waals surface area contributed by atoms with Gasteiger partial charge < -0.3 is 5.32 Å². The summed E-state index contributed by atoms with van der Waals surface area (Å²) in [6.07, 6.45) is 6.36. The first-order chi connectivity index (χ1) is 8.81. The number of hydrogen-bond acceptors (Lipinski definition) is 3. The van der Waals surface area contributed by atoms with Crippen LogP contribution in [-0.4, -0.2) is 21.3 Å². The Bertz CT molecular complexity index is 495. The monoisotopic (exact) mass is 264 g/mol. The van der Waals surface area contributed by atoms with E-state index >= 15 is 0 Å². The molecule has 0 spiro atoms. The Hall–Kier alpha value is -1.39. The van der Waals surface area contributed by atoms with Gasteiger partial charge in [-0.2, -0.15) is 5.10 Å². The van der Waals surface area contributed by atoms with Gasteiger partial charge in [-0.25, -0.2) is 0 Å². The summed E-state index contributed by atoms with van der Waals surface area (Å²) in [5, 5.41) is 8.38. The topological polar surface area (TPSA) is 42.7 Å². The molecule has 96 valence electrons. The highest BCUT2D eigenvalue weighted by Crippen LogP contribution is 2.15. The number of hydrogen-bond donors (Lipinski definition) is 1. The third kappa shape index (κ3) is 3.31. The minimum atomic E-state index is 0.678. The Morgan fingerprint density at radius 1 is 1.33 bits per heavy atom. The molecule has 0 fully saturated rings. The Balaban J connectivity index is 2.05. The number of pyridine rings is 1. The van der Waals surface area contributed by atoms with Crippen LogP contribution >= 0.6 is 11.6 Å². The van der Waals surface area contributed by atoms with Crippen LogP contribution in [0.5, 0.6) is 0 Å². The van der Waals surface area contributed by atoms with Gasteiger partial charge in [-0.15, -0.1) is 0 Å². The molecule has 0 aliphatic rings. The number of rotatable bonds is 6. The molecule has 5 heteroatoms. The summed E-state index contributed by atoms with van der Waals surface area (Å²) >= 11 is 6.10. The molecule has 0 amide bonds. The van der Waals surface area contributed by atoms with Crippen molar-refractivity contribution in [1.29, 1.82) is 0 Å². The van der Waals surface area contributed by atoms with E-state index in [0.29, 0.717) is 11.6 Å². The highest BCUT2D eigenvalue weighted by atomic mass is 35.5. The van der Waals surface area contributed by atoms with E-state index in [-0.39, 0.29) is 0 Å². The Morgan fingerprint density at radius 2 is 2.22 bits per heavy atom. The molecule has 1 N–H and O–H groups in total. The third-order valence-corrected chi connectivity index (χ3v) is 3.05. The van der Waals surface area contributed by atoms with Crippen molar-refractivity contribution in [2.45, 2.75) is 26.4 Å². The predicted molar refractivity (Wildman–Crippen MR) is 72.6 cm³/mol. The molecule has 4 nitrogen and oxygen atoms in total. The standard InChI is InChI=1S/C13H17ClN4/c1-2-5-15-8-12-4-7-17-18(12)10-11-3-6-16-9-13(11)14/h3-4,6-7,9,15H,2,5,8,10H2,1H3. The average Bonchev–Trinajstić information content (AvgIpc) is 2.80. The van der Waals surface area contributed by atoms with Gasteiger partial charge in [0.25, 0.3) is 0 Å². The van der Waals surface area contributed by atoms with Crippen molar-refractivity contribution >= 4 is 11.6 Å².